The number of aliphatic imine (C=N–C) groups is 1. The van der Waals surface area contributed by atoms with Crippen molar-refractivity contribution in [3.05, 3.63) is 46.9 Å². The van der Waals surface area contributed by atoms with Gasteiger partial charge in [-0.25, -0.2) is 8.78 Å². The van der Waals surface area contributed by atoms with Crippen molar-refractivity contribution in [3.8, 4) is 0 Å². The molecule has 0 fully saturated rings. The highest BCUT2D eigenvalue weighted by molar-refractivity contribution is 8.14. The molecule has 0 unspecified atom stereocenters. The molecule has 0 amide bonds. The summed E-state index contributed by atoms with van der Waals surface area (Å²) in [5.41, 5.74) is 2.06. The van der Waals surface area contributed by atoms with Crippen LogP contribution in [0.1, 0.15) is 12.5 Å². The minimum absolute atomic E-state index is 0.228. The van der Waals surface area contributed by atoms with Crippen molar-refractivity contribution in [2.75, 3.05) is 0 Å². The first-order chi connectivity index (χ1) is 7.13. The van der Waals surface area contributed by atoms with Gasteiger partial charge in [-0.1, -0.05) is 23.9 Å². The summed E-state index contributed by atoms with van der Waals surface area (Å²) in [5.74, 6) is -1.70. The van der Waals surface area contributed by atoms with Gasteiger partial charge in [0.05, 0.1) is 0 Å². The molecule has 4 heteroatoms. The monoisotopic (exact) mass is 224 g/mol. The maximum Gasteiger partial charge on any atom is 0.164 e. The Morgan fingerprint density at radius 1 is 1.40 bits per heavy atom. The normalized spacial score (nSPS) is 24.5. The van der Waals surface area contributed by atoms with Gasteiger partial charge < -0.3 is 0 Å². The Hall–Kier alpha value is -1.16. The lowest BCUT2D eigenvalue weighted by Crippen LogP contribution is -2.19. The van der Waals surface area contributed by atoms with E-state index in [4.69, 9.17) is 0 Å². The fourth-order valence-electron chi connectivity index (χ4n) is 1.40. The van der Waals surface area contributed by atoms with Gasteiger partial charge in [0.25, 0.3) is 0 Å². The number of benzene rings is 1. The summed E-state index contributed by atoms with van der Waals surface area (Å²) < 4.78 is 26.6. The van der Waals surface area contributed by atoms with Gasteiger partial charge in [0.15, 0.2) is 11.6 Å². The number of halogens is 2. The second kappa shape index (κ2) is 3.77. The van der Waals surface area contributed by atoms with E-state index in [1.807, 2.05) is 0 Å². The van der Waals surface area contributed by atoms with Crippen molar-refractivity contribution >= 4 is 17.3 Å². The molecular formula is C11H8F2NS. The molecule has 0 saturated heterocycles. The van der Waals surface area contributed by atoms with Gasteiger partial charge in [-0.05, 0) is 24.5 Å². The van der Waals surface area contributed by atoms with Crippen LogP contribution in [0.2, 0.25) is 0 Å². The molecule has 15 heavy (non-hydrogen) atoms. The molecule has 1 nitrogen and oxygen atoms in total. The van der Waals surface area contributed by atoms with Crippen molar-refractivity contribution < 1.29 is 8.78 Å². The SMILES string of the molecule is C[C@@]1(c2cccc(F)c2F)C=CS[C]=N1. The van der Waals surface area contributed by atoms with Crippen LogP contribution in [-0.2, 0) is 5.54 Å². The predicted octanol–water partition coefficient (Wildman–Crippen LogP) is 3.35. The lowest BCUT2D eigenvalue weighted by atomic mass is 9.92. The van der Waals surface area contributed by atoms with Crippen LogP contribution in [0.3, 0.4) is 0 Å². The van der Waals surface area contributed by atoms with Crippen LogP contribution in [0.4, 0.5) is 8.78 Å². The minimum Gasteiger partial charge on any atom is -0.260 e. The van der Waals surface area contributed by atoms with Crippen LogP contribution in [0.25, 0.3) is 0 Å². The van der Waals surface area contributed by atoms with Crippen molar-refractivity contribution in [3.63, 3.8) is 0 Å². The predicted molar refractivity (Wildman–Crippen MR) is 57.9 cm³/mol. The first-order valence-corrected chi connectivity index (χ1v) is 5.26. The highest BCUT2D eigenvalue weighted by Gasteiger charge is 2.28. The number of thioether (sulfide) groups is 1. The summed E-state index contributed by atoms with van der Waals surface area (Å²) in [6.07, 6.45) is 1.73. The van der Waals surface area contributed by atoms with E-state index >= 15 is 0 Å². The number of nitrogens with zero attached hydrogens (tertiary/aromatic N) is 1. The van der Waals surface area contributed by atoms with E-state index in [0.717, 1.165) is 6.07 Å². The van der Waals surface area contributed by atoms with Gasteiger partial charge in [-0.2, -0.15) is 0 Å². The van der Waals surface area contributed by atoms with Crippen LogP contribution in [0, 0.1) is 11.6 Å². The third-order valence-electron chi connectivity index (χ3n) is 2.29. The van der Waals surface area contributed by atoms with E-state index in [0.29, 0.717) is 0 Å². The first-order valence-electron chi connectivity index (χ1n) is 4.38. The average Bonchev–Trinajstić information content (AvgIpc) is 2.23. The molecule has 0 bridgehead atoms. The Balaban J connectivity index is 2.53. The quantitative estimate of drug-likeness (QED) is 0.712. The standard InChI is InChI=1S/C11H8F2NS/c1-11(5-6-15-7-14-11)8-3-2-4-9(12)10(8)13/h2-6H,1H3/t11-/m0/s1. The molecule has 1 aromatic rings. The van der Waals surface area contributed by atoms with Crippen LogP contribution >= 0.6 is 11.8 Å². The van der Waals surface area contributed by atoms with Crippen molar-refractivity contribution in [2.24, 2.45) is 4.99 Å². The van der Waals surface area contributed by atoms with Crippen LogP contribution in [0.5, 0.6) is 0 Å². The Bertz CT molecular complexity index is 428. The highest BCUT2D eigenvalue weighted by atomic mass is 32.2. The zero-order valence-electron chi connectivity index (χ0n) is 8.00. The molecule has 1 aromatic carbocycles. The summed E-state index contributed by atoms with van der Waals surface area (Å²) in [6.45, 7) is 1.72. The molecule has 1 aliphatic heterocycles. The number of hydrogen-bond acceptors (Lipinski definition) is 2. The first kappa shape index (κ1) is 10.4. The summed E-state index contributed by atoms with van der Waals surface area (Å²) in [4.78, 5) is 4.05. The largest absolute Gasteiger partial charge is 0.260 e. The van der Waals surface area contributed by atoms with Gasteiger partial charge in [0.1, 0.15) is 11.1 Å². The molecule has 0 aliphatic carbocycles. The molecule has 0 spiro atoms. The van der Waals surface area contributed by atoms with E-state index in [9.17, 15) is 8.78 Å². The van der Waals surface area contributed by atoms with E-state index in [1.54, 1.807) is 18.4 Å². The maximum absolute atomic E-state index is 13.5. The van der Waals surface area contributed by atoms with E-state index in [-0.39, 0.29) is 5.56 Å². The summed E-state index contributed by atoms with van der Waals surface area (Å²) in [6, 6.07) is 4.10. The lowest BCUT2D eigenvalue weighted by molar-refractivity contribution is 0.475. The second-order valence-electron chi connectivity index (χ2n) is 3.37. The molecule has 1 heterocycles. The Kier molecular flexibility index (Phi) is 2.61. The third kappa shape index (κ3) is 1.81. The van der Waals surface area contributed by atoms with Crippen molar-refractivity contribution in [2.45, 2.75) is 12.5 Å². The highest BCUT2D eigenvalue weighted by Crippen LogP contribution is 2.33. The van der Waals surface area contributed by atoms with Gasteiger partial charge in [0, 0.05) is 5.56 Å². The smallest absolute Gasteiger partial charge is 0.164 e. The summed E-state index contributed by atoms with van der Waals surface area (Å²) in [5, 5.41) is 1.76. The molecule has 0 aromatic heterocycles. The fourth-order valence-corrected chi connectivity index (χ4v) is 2.04. The van der Waals surface area contributed by atoms with Crippen LogP contribution in [-0.4, -0.2) is 5.55 Å². The van der Waals surface area contributed by atoms with Gasteiger partial charge in [0.2, 0.25) is 0 Å². The fraction of sp³-hybridized carbons (Fsp3) is 0.182. The van der Waals surface area contributed by atoms with E-state index in [1.165, 1.54) is 23.9 Å². The Morgan fingerprint density at radius 2 is 2.20 bits per heavy atom. The number of rotatable bonds is 1. The zero-order valence-corrected chi connectivity index (χ0v) is 8.81. The van der Waals surface area contributed by atoms with Crippen LogP contribution in [0.15, 0.2) is 34.7 Å². The zero-order chi connectivity index (χ0) is 10.9. The summed E-state index contributed by atoms with van der Waals surface area (Å²) in [7, 11) is 0. The second-order valence-corrected chi connectivity index (χ2v) is 4.06. The Morgan fingerprint density at radius 3 is 2.87 bits per heavy atom. The summed E-state index contributed by atoms with van der Waals surface area (Å²) >= 11 is 1.29. The van der Waals surface area contributed by atoms with Gasteiger partial charge in [-0.15, -0.1) is 0 Å². The third-order valence-corrected chi connectivity index (χ3v) is 2.76. The molecular weight excluding hydrogens is 216 g/mol. The van der Waals surface area contributed by atoms with Gasteiger partial charge in [-0.3, -0.25) is 4.99 Å². The van der Waals surface area contributed by atoms with E-state index in [2.05, 4.69) is 10.5 Å². The molecule has 1 atom stereocenters. The lowest BCUT2D eigenvalue weighted by Gasteiger charge is -2.23. The van der Waals surface area contributed by atoms with Crippen molar-refractivity contribution in [1.82, 2.24) is 0 Å². The molecule has 77 valence electrons. The molecule has 0 N–H and O–H groups in total. The molecule has 1 radical (unpaired) electrons. The molecule has 2 rings (SSSR count). The topological polar surface area (TPSA) is 12.4 Å². The van der Waals surface area contributed by atoms with Gasteiger partial charge >= 0.3 is 0 Å². The van der Waals surface area contributed by atoms with Crippen molar-refractivity contribution in [1.29, 1.82) is 0 Å². The average molecular weight is 224 g/mol. The Labute approximate surface area is 90.9 Å². The van der Waals surface area contributed by atoms with E-state index < -0.39 is 17.2 Å². The van der Waals surface area contributed by atoms with Crippen LogP contribution < -0.4 is 0 Å². The molecule has 0 saturated carbocycles. The maximum atomic E-state index is 13.5. The number of hydrogen-bond donors (Lipinski definition) is 0. The molecule has 1 aliphatic rings. The minimum atomic E-state index is -0.851.